The van der Waals surface area contributed by atoms with E-state index in [2.05, 4.69) is 15.9 Å². The molecule has 0 nitrogen and oxygen atoms in total. The summed E-state index contributed by atoms with van der Waals surface area (Å²) in [5, 5.41) is 0. The Morgan fingerprint density at radius 3 is 2.22 bits per heavy atom. The Kier molecular flexibility index (Phi) is 3.48. The fourth-order valence-electron chi connectivity index (χ4n) is 1.86. The molecule has 4 heteroatoms. The first-order valence-corrected chi connectivity index (χ1v) is 6.11. The van der Waals surface area contributed by atoms with Crippen LogP contribution in [0.5, 0.6) is 0 Å². The summed E-state index contributed by atoms with van der Waals surface area (Å²) in [6.07, 6.45) is -4.36. The molecule has 2 rings (SSSR count). The van der Waals surface area contributed by atoms with E-state index in [1.54, 1.807) is 31.2 Å². The van der Waals surface area contributed by atoms with Crippen LogP contribution in [0.2, 0.25) is 0 Å². The molecule has 0 aromatic heterocycles. The van der Waals surface area contributed by atoms with E-state index in [1.807, 2.05) is 6.07 Å². The maximum Gasteiger partial charge on any atom is 0.417 e. The van der Waals surface area contributed by atoms with Gasteiger partial charge in [-0.15, -0.1) is 0 Å². The molecule has 0 aliphatic rings. The summed E-state index contributed by atoms with van der Waals surface area (Å²) in [6, 6.07) is 11.3. The summed E-state index contributed by atoms with van der Waals surface area (Å²) in [7, 11) is 0. The van der Waals surface area contributed by atoms with Gasteiger partial charge in [-0.05, 0) is 35.7 Å². The lowest BCUT2D eigenvalue weighted by molar-refractivity contribution is -0.137. The smallest absolute Gasteiger partial charge is 0.166 e. The number of benzene rings is 2. The second-order valence-electron chi connectivity index (χ2n) is 4.00. The summed E-state index contributed by atoms with van der Waals surface area (Å²) in [5.74, 6) is 0. The SMILES string of the molecule is Cc1ccccc1-c1ccc(Br)cc1C(F)(F)F. The van der Waals surface area contributed by atoms with Crippen molar-refractivity contribution in [1.82, 2.24) is 0 Å². The van der Waals surface area contributed by atoms with Crippen LogP contribution in [0.1, 0.15) is 11.1 Å². The molecule has 0 bridgehead atoms. The zero-order chi connectivity index (χ0) is 13.3. The summed E-state index contributed by atoms with van der Waals surface area (Å²) >= 11 is 3.08. The van der Waals surface area contributed by atoms with E-state index in [0.717, 1.165) is 11.6 Å². The van der Waals surface area contributed by atoms with Crippen molar-refractivity contribution in [2.75, 3.05) is 0 Å². The standard InChI is InChI=1S/C14H10BrF3/c1-9-4-2-3-5-11(9)12-7-6-10(15)8-13(12)14(16,17)18/h2-8H,1H3. The predicted octanol–water partition coefficient (Wildman–Crippen LogP) is 5.44. The van der Waals surface area contributed by atoms with Gasteiger partial charge in [-0.1, -0.05) is 46.3 Å². The topological polar surface area (TPSA) is 0 Å². The van der Waals surface area contributed by atoms with Crippen molar-refractivity contribution in [2.45, 2.75) is 13.1 Å². The molecular weight excluding hydrogens is 305 g/mol. The third kappa shape index (κ3) is 2.58. The van der Waals surface area contributed by atoms with Crippen LogP contribution in [0.4, 0.5) is 13.2 Å². The van der Waals surface area contributed by atoms with Crippen molar-refractivity contribution < 1.29 is 13.2 Å². The first-order chi connectivity index (χ1) is 8.39. The van der Waals surface area contributed by atoms with Gasteiger partial charge >= 0.3 is 6.18 Å². The summed E-state index contributed by atoms with van der Waals surface area (Å²) in [5.41, 5.74) is 1.03. The molecule has 0 N–H and O–H groups in total. The molecule has 2 aromatic carbocycles. The Labute approximate surface area is 112 Å². The van der Waals surface area contributed by atoms with Crippen molar-refractivity contribution in [3.05, 3.63) is 58.1 Å². The summed E-state index contributed by atoms with van der Waals surface area (Å²) in [6.45, 7) is 1.80. The molecule has 0 spiro atoms. The molecule has 0 fully saturated rings. The van der Waals surface area contributed by atoms with Crippen LogP contribution in [0.3, 0.4) is 0 Å². The number of hydrogen-bond acceptors (Lipinski definition) is 0. The van der Waals surface area contributed by atoms with Gasteiger partial charge in [0.2, 0.25) is 0 Å². The fraction of sp³-hybridized carbons (Fsp3) is 0.143. The van der Waals surface area contributed by atoms with E-state index in [9.17, 15) is 13.2 Å². The van der Waals surface area contributed by atoms with E-state index in [0.29, 0.717) is 10.0 Å². The number of aryl methyl sites for hydroxylation is 1. The highest BCUT2D eigenvalue weighted by molar-refractivity contribution is 9.10. The highest BCUT2D eigenvalue weighted by Gasteiger charge is 2.34. The third-order valence-corrected chi connectivity index (χ3v) is 3.22. The van der Waals surface area contributed by atoms with Crippen molar-refractivity contribution in [3.8, 4) is 11.1 Å². The lowest BCUT2D eigenvalue weighted by atomic mass is 9.96. The van der Waals surface area contributed by atoms with E-state index in [4.69, 9.17) is 0 Å². The Balaban J connectivity index is 2.69. The second-order valence-corrected chi connectivity index (χ2v) is 4.92. The molecule has 0 aliphatic heterocycles. The molecule has 94 valence electrons. The molecule has 0 heterocycles. The number of hydrogen-bond donors (Lipinski definition) is 0. The average molecular weight is 315 g/mol. The van der Waals surface area contributed by atoms with Crippen molar-refractivity contribution >= 4 is 15.9 Å². The average Bonchev–Trinajstić information content (AvgIpc) is 2.29. The van der Waals surface area contributed by atoms with Crippen LogP contribution >= 0.6 is 15.9 Å². The highest BCUT2D eigenvalue weighted by atomic mass is 79.9. The lowest BCUT2D eigenvalue weighted by Crippen LogP contribution is -2.07. The quantitative estimate of drug-likeness (QED) is 0.657. The normalized spacial score (nSPS) is 11.6. The van der Waals surface area contributed by atoms with Crippen molar-refractivity contribution in [3.63, 3.8) is 0 Å². The second kappa shape index (κ2) is 4.76. The van der Waals surface area contributed by atoms with Gasteiger partial charge in [-0.2, -0.15) is 13.2 Å². The number of rotatable bonds is 1. The van der Waals surface area contributed by atoms with E-state index >= 15 is 0 Å². The third-order valence-electron chi connectivity index (χ3n) is 2.72. The fourth-order valence-corrected chi connectivity index (χ4v) is 2.22. The van der Waals surface area contributed by atoms with Gasteiger partial charge in [0.25, 0.3) is 0 Å². The minimum absolute atomic E-state index is 0.212. The van der Waals surface area contributed by atoms with Gasteiger partial charge in [0.1, 0.15) is 0 Å². The first-order valence-electron chi connectivity index (χ1n) is 5.32. The molecule has 2 aromatic rings. The van der Waals surface area contributed by atoms with Crippen LogP contribution in [0.25, 0.3) is 11.1 Å². The Bertz CT molecular complexity index is 573. The number of halogens is 4. The minimum Gasteiger partial charge on any atom is -0.166 e. The highest BCUT2D eigenvalue weighted by Crippen LogP contribution is 2.39. The van der Waals surface area contributed by atoms with Crippen LogP contribution in [0.15, 0.2) is 46.9 Å². The molecule has 0 unspecified atom stereocenters. The predicted molar refractivity (Wildman–Crippen MR) is 69.3 cm³/mol. The van der Waals surface area contributed by atoms with Crippen LogP contribution in [-0.2, 0) is 6.18 Å². The molecule has 0 saturated carbocycles. The Morgan fingerprint density at radius 2 is 1.61 bits per heavy atom. The zero-order valence-electron chi connectivity index (χ0n) is 9.55. The largest absolute Gasteiger partial charge is 0.417 e. The van der Waals surface area contributed by atoms with Crippen LogP contribution < -0.4 is 0 Å². The van der Waals surface area contributed by atoms with Crippen LogP contribution in [0, 0.1) is 6.92 Å². The van der Waals surface area contributed by atoms with Gasteiger partial charge in [0.15, 0.2) is 0 Å². The van der Waals surface area contributed by atoms with E-state index < -0.39 is 11.7 Å². The molecule has 0 amide bonds. The molecule has 0 aliphatic carbocycles. The maximum atomic E-state index is 13.0. The van der Waals surface area contributed by atoms with Gasteiger partial charge in [-0.25, -0.2) is 0 Å². The Hall–Kier alpha value is -1.29. The zero-order valence-corrected chi connectivity index (χ0v) is 11.1. The van der Waals surface area contributed by atoms with Crippen molar-refractivity contribution in [1.29, 1.82) is 0 Å². The van der Waals surface area contributed by atoms with Gasteiger partial charge in [0.05, 0.1) is 5.56 Å². The first kappa shape index (κ1) is 13.1. The van der Waals surface area contributed by atoms with E-state index in [1.165, 1.54) is 6.07 Å². The molecular formula is C14H10BrF3. The summed E-state index contributed by atoms with van der Waals surface area (Å²) < 4.78 is 39.5. The molecule has 0 radical (unpaired) electrons. The Morgan fingerprint density at radius 1 is 0.944 bits per heavy atom. The van der Waals surface area contributed by atoms with Crippen LogP contribution in [-0.4, -0.2) is 0 Å². The summed E-state index contributed by atoms with van der Waals surface area (Å²) in [4.78, 5) is 0. The molecule has 18 heavy (non-hydrogen) atoms. The van der Waals surface area contributed by atoms with E-state index in [-0.39, 0.29) is 5.56 Å². The lowest BCUT2D eigenvalue weighted by Gasteiger charge is -2.15. The monoisotopic (exact) mass is 314 g/mol. The van der Waals surface area contributed by atoms with Crippen molar-refractivity contribution in [2.24, 2.45) is 0 Å². The van der Waals surface area contributed by atoms with Gasteiger partial charge in [0, 0.05) is 4.47 Å². The molecule has 0 saturated heterocycles. The number of alkyl halides is 3. The maximum absolute atomic E-state index is 13.0. The van der Waals surface area contributed by atoms with Gasteiger partial charge < -0.3 is 0 Å². The molecule has 0 atom stereocenters. The minimum atomic E-state index is -4.36. The van der Waals surface area contributed by atoms with Gasteiger partial charge in [-0.3, -0.25) is 0 Å².